The van der Waals surface area contributed by atoms with Gasteiger partial charge in [0.15, 0.2) is 0 Å². The topological polar surface area (TPSA) is 54.9 Å². The maximum absolute atomic E-state index is 12.4. The van der Waals surface area contributed by atoms with Crippen molar-refractivity contribution in [2.75, 3.05) is 5.32 Å². The number of rotatable bonds is 4. The Morgan fingerprint density at radius 2 is 2.08 bits per heavy atom. The summed E-state index contributed by atoms with van der Waals surface area (Å²) in [6.07, 6.45) is 3.79. The van der Waals surface area contributed by atoms with Crippen molar-refractivity contribution in [3.05, 3.63) is 63.9 Å². The maximum atomic E-state index is 12.4. The molecule has 0 bridgehead atoms. The van der Waals surface area contributed by atoms with Crippen LogP contribution in [0.15, 0.2) is 42.7 Å². The van der Waals surface area contributed by atoms with Gasteiger partial charge in [0.2, 0.25) is 5.91 Å². The lowest BCUT2D eigenvalue weighted by atomic mass is 10.2. The van der Waals surface area contributed by atoms with Crippen molar-refractivity contribution in [3.8, 4) is 10.6 Å². The van der Waals surface area contributed by atoms with Crippen molar-refractivity contribution in [1.29, 1.82) is 0 Å². The summed E-state index contributed by atoms with van der Waals surface area (Å²) in [4.78, 5) is 22.0. The molecule has 6 heteroatoms. The zero-order valence-corrected chi connectivity index (χ0v) is 14.9. The summed E-state index contributed by atoms with van der Waals surface area (Å²) in [6.45, 7) is 3.81. The van der Waals surface area contributed by atoms with Gasteiger partial charge < -0.3 is 5.32 Å². The molecule has 122 valence electrons. The summed E-state index contributed by atoms with van der Waals surface area (Å²) in [5.41, 5.74) is 3.44. The fourth-order valence-corrected chi connectivity index (χ4v) is 3.51. The fourth-order valence-electron chi connectivity index (χ4n) is 2.29. The number of nitrogens with zero attached hydrogens (tertiary/aromatic N) is 2. The summed E-state index contributed by atoms with van der Waals surface area (Å²) in [6, 6.07) is 9.31. The average Bonchev–Trinajstić information content (AvgIpc) is 2.93. The zero-order valence-electron chi connectivity index (χ0n) is 13.3. The molecular formula is C18H16ClN3OS. The number of pyridine rings is 1. The Kier molecular flexibility index (Phi) is 4.92. The van der Waals surface area contributed by atoms with Gasteiger partial charge in [0.25, 0.3) is 0 Å². The van der Waals surface area contributed by atoms with Crippen LogP contribution in [0.3, 0.4) is 0 Å². The third kappa shape index (κ3) is 3.63. The normalized spacial score (nSPS) is 10.6. The SMILES string of the molecule is Cc1nc(-c2cccnc2)sc1CC(=O)Nc1cccc(Cl)c1C. The number of amides is 1. The van der Waals surface area contributed by atoms with Crippen molar-refractivity contribution >= 4 is 34.5 Å². The number of thiazole rings is 1. The monoisotopic (exact) mass is 357 g/mol. The Bertz CT molecular complexity index is 877. The van der Waals surface area contributed by atoms with Gasteiger partial charge in [0.1, 0.15) is 5.01 Å². The number of hydrogen-bond donors (Lipinski definition) is 1. The molecule has 3 rings (SSSR count). The van der Waals surface area contributed by atoms with Crippen LogP contribution in [0.2, 0.25) is 5.02 Å². The van der Waals surface area contributed by atoms with E-state index in [9.17, 15) is 4.79 Å². The standard InChI is InChI=1S/C18H16ClN3OS/c1-11-14(19)6-3-7-15(11)22-17(23)9-16-12(2)21-18(24-16)13-5-4-8-20-10-13/h3-8,10H,9H2,1-2H3,(H,22,23). The average molecular weight is 358 g/mol. The molecule has 0 aliphatic rings. The van der Waals surface area contributed by atoms with Crippen LogP contribution in [0.25, 0.3) is 10.6 Å². The molecule has 0 saturated carbocycles. The first-order valence-corrected chi connectivity index (χ1v) is 8.65. The first-order chi connectivity index (χ1) is 11.5. The second-order valence-electron chi connectivity index (χ2n) is 5.41. The summed E-state index contributed by atoms with van der Waals surface area (Å²) in [5, 5.41) is 4.44. The molecule has 0 atom stereocenters. The summed E-state index contributed by atoms with van der Waals surface area (Å²) < 4.78 is 0. The zero-order chi connectivity index (χ0) is 17.1. The van der Waals surface area contributed by atoms with E-state index in [1.165, 1.54) is 11.3 Å². The highest BCUT2D eigenvalue weighted by atomic mass is 35.5. The Labute approximate surface area is 149 Å². The van der Waals surface area contributed by atoms with Crippen molar-refractivity contribution in [2.24, 2.45) is 0 Å². The summed E-state index contributed by atoms with van der Waals surface area (Å²) >= 11 is 7.61. The lowest BCUT2D eigenvalue weighted by Crippen LogP contribution is -2.15. The van der Waals surface area contributed by atoms with Crippen LogP contribution in [-0.4, -0.2) is 15.9 Å². The number of aryl methyl sites for hydroxylation is 1. The van der Waals surface area contributed by atoms with Gasteiger partial charge in [-0.25, -0.2) is 4.98 Å². The van der Waals surface area contributed by atoms with Gasteiger partial charge in [-0.1, -0.05) is 17.7 Å². The van der Waals surface area contributed by atoms with E-state index in [1.54, 1.807) is 18.5 Å². The minimum Gasteiger partial charge on any atom is -0.325 e. The predicted molar refractivity (Wildman–Crippen MR) is 98.6 cm³/mol. The number of carbonyl (C=O) groups excluding carboxylic acids is 1. The largest absolute Gasteiger partial charge is 0.325 e. The van der Waals surface area contributed by atoms with E-state index in [4.69, 9.17) is 11.6 Å². The maximum Gasteiger partial charge on any atom is 0.229 e. The molecule has 0 saturated heterocycles. The molecule has 0 unspecified atom stereocenters. The highest BCUT2D eigenvalue weighted by molar-refractivity contribution is 7.15. The van der Waals surface area contributed by atoms with E-state index in [0.29, 0.717) is 5.02 Å². The van der Waals surface area contributed by atoms with Crippen molar-refractivity contribution in [3.63, 3.8) is 0 Å². The molecule has 0 aliphatic carbocycles. The number of carbonyl (C=O) groups is 1. The van der Waals surface area contributed by atoms with Gasteiger partial charge in [0.05, 0.1) is 12.1 Å². The molecule has 1 aromatic carbocycles. The number of nitrogens with one attached hydrogen (secondary N) is 1. The van der Waals surface area contributed by atoms with Gasteiger partial charge in [-0.05, 0) is 43.7 Å². The quantitative estimate of drug-likeness (QED) is 0.739. The van der Waals surface area contributed by atoms with Crippen LogP contribution in [0.4, 0.5) is 5.69 Å². The second kappa shape index (κ2) is 7.11. The molecule has 1 N–H and O–H groups in total. The van der Waals surface area contributed by atoms with E-state index < -0.39 is 0 Å². The smallest absolute Gasteiger partial charge is 0.229 e. The van der Waals surface area contributed by atoms with Gasteiger partial charge in [-0.15, -0.1) is 11.3 Å². The highest BCUT2D eigenvalue weighted by Gasteiger charge is 2.14. The molecule has 3 aromatic rings. The van der Waals surface area contributed by atoms with Crippen LogP contribution in [0, 0.1) is 13.8 Å². The van der Waals surface area contributed by atoms with E-state index >= 15 is 0 Å². The Hall–Kier alpha value is -2.24. The van der Waals surface area contributed by atoms with E-state index in [-0.39, 0.29) is 12.3 Å². The fraction of sp³-hybridized carbons (Fsp3) is 0.167. The van der Waals surface area contributed by atoms with E-state index in [1.807, 2.05) is 38.1 Å². The van der Waals surface area contributed by atoms with Crippen LogP contribution in [0.1, 0.15) is 16.1 Å². The second-order valence-corrected chi connectivity index (χ2v) is 6.90. The third-order valence-corrected chi connectivity index (χ3v) is 5.28. The van der Waals surface area contributed by atoms with Gasteiger partial charge in [-0.2, -0.15) is 0 Å². The summed E-state index contributed by atoms with van der Waals surface area (Å²) in [5.74, 6) is -0.0788. The van der Waals surface area contributed by atoms with Crippen LogP contribution < -0.4 is 5.32 Å². The Morgan fingerprint density at radius 3 is 2.83 bits per heavy atom. The summed E-state index contributed by atoms with van der Waals surface area (Å²) in [7, 11) is 0. The van der Waals surface area contributed by atoms with Crippen LogP contribution in [-0.2, 0) is 11.2 Å². The number of hydrogen-bond acceptors (Lipinski definition) is 4. The lowest BCUT2D eigenvalue weighted by Gasteiger charge is -2.09. The minimum atomic E-state index is -0.0788. The predicted octanol–water partition coefficient (Wildman–Crippen LogP) is 4.66. The highest BCUT2D eigenvalue weighted by Crippen LogP contribution is 2.28. The molecule has 0 fully saturated rings. The first kappa shape index (κ1) is 16.6. The molecule has 24 heavy (non-hydrogen) atoms. The molecule has 0 spiro atoms. The number of aromatic nitrogens is 2. The molecular weight excluding hydrogens is 342 g/mol. The lowest BCUT2D eigenvalue weighted by molar-refractivity contribution is -0.115. The Morgan fingerprint density at radius 1 is 1.25 bits per heavy atom. The van der Waals surface area contributed by atoms with Gasteiger partial charge in [-0.3, -0.25) is 9.78 Å². The molecule has 2 aromatic heterocycles. The van der Waals surface area contributed by atoms with E-state index in [0.717, 1.165) is 32.4 Å². The van der Waals surface area contributed by atoms with Crippen molar-refractivity contribution in [2.45, 2.75) is 20.3 Å². The minimum absolute atomic E-state index is 0.0788. The van der Waals surface area contributed by atoms with Crippen molar-refractivity contribution in [1.82, 2.24) is 9.97 Å². The molecule has 1 amide bonds. The number of anilines is 1. The Balaban J connectivity index is 1.75. The molecule has 0 aliphatic heterocycles. The van der Waals surface area contributed by atoms with Crippen LogP contribution in [0.5, 0.6) is 0 Å². The molecule has 0 radical (unpaired) electrons. The van der Waals surface area contributed by atoms with Crippen LogP contribution >= 0.6 is 22.9 Å². The first-order valence-electron chi connectivity index (χ1n) is 7.46. The number of halogens is 1. The molecule has 2 heterocycles. The van der Waals surface area contributed by atoms with Crippen molar-refractivity contribution < 1.29 is 4.79 Å². The third-order valence-electron chi connectivity index (χ3n) is 3.66. The number of benzene rings is 1. The van der Waals surface area contributed by atoms with Gasteiger partial charge in [0, 0.05) is 33.5 Å². The van der Waals surface area contributed by atoms with E-state index in [2.05, 4.69) is 15.3 Å². The van der Waals surface area contributed by atoms with Gasteiger partial charge >= 0.3 is 0 Å². The molecule has 4 nitrogen and oxygen atoms in total.